The van der Waals surface area contributed by atoms with Crippen molar-refractivity contribution in [1.29, 1.82) is 0 Å². The molecule has 2 aromatic heterocycles. The maximum atomic E-state index is 9.63. The Morgan fingerprint density at radius 1 is 1.53 bits per heavy atom. The number of aliphatic hydroxyl groups excluding tert-OH is 1. The largest absolute Gasteiger partial charge is 0.374 e. The Kier molecular flexibility index (Phi) is 3.13. The number of thiophene rings is 1. The third-order valence-electron chi connectivity index (χ3n) is 2.11. The van der Waals surface area contributed by atoms with Gasteiger partial charge in [0.15, 0.2) is 0 Å². The van der Waals surface area contributed by atoms with Gasteiger partial charge in [0.25, 0.3) is 0 Å². The van der Waals surface area contributed by atoms with E-state index in [0.29, 0.717) is 0 Å². The van der Waals surface area contributed by atoms with Gasteiger partial charge in [-0.15, -0.1) is 11.3 Å². The van der Waals surface area contributed by atoms with Crippen LogP contribution in [0.15, 0.2) is 17.8 Å². The zero-order valence-corrected chi connectivity index (χ0v) is 9.29. The lowest BCUT2D eigenvalue weighted by molar-refractivity contribution is 0.192. The number of aromatic nitrogens is 2. The van der Waals surface area contributed by atoms with Crippen molar-refractivity contribution in [3.63, 3.8) is 0 Å². The van der Waals surface area contributed by atoms with Crippen LogP contribution in [-0.4, -0.2) is 21.3 Å². The Hall–Kier alpha value is -1.20. The van der Waals surface area contributed by atoms with E-state index < -0.39 is 6.23 Å². The minimum Gasteiger partial charge on any atom is -0.374 e. The number of hydrogen-bond acceptors (Lipinski definition) is 5. The van der Waals surface area contributed by atoms with Gasteiger partial charge in [-0.25, -0.2) is 9.97 Å². The number of rotatable bonds is 4. The highest BCUT2D eigenvalue weighted by Crippen LogP contribution is 2.25. The quantitative estimate of drug-likeness (QED) is 0.780. The normalized spacial score (nSPS) is 12.9. The van der Waals surface area contributed by atoms with Crippen molar-refractivity contribution in [3.8, 4) is 0 Å². The van der Waals surface area contributed by atoms with Crippen LogP contribution in [0.5, 0.6) is 0 Å². The third-order valence-corrected chi connectivity index (χ3v) is 3.02. The second-order valence-electron chi connectivity index (χ2n) is 3.31. The standard InChI is InChI=1S/C10H13N3OS/c1-2-3-8(14)13-10-9-7(4-5-15-9)11-6-12-10/h4-6,8,14H,2-3H2,1H3,(H,11,12,13). The highest BCUT2D eigenvalue weighted by molar-refractivity contribution is 7.17. The van der Waals surface area contributed by atoms with Crippen molar-refractivity contribution in [2.24, 2.45) is 0 Å². The fourth-order valence-electron chi connectivity index (χ4n) is 1.40. The van der Waals surface area contributed by atoms with Crippen molar-refractivity contribution < 1.29 is 5.11 Å². The van der Waals surface area contributed by atoms with Gasteiger partial charge in [0.05, 0.1) is 10.2 Å². The summed E-state index contributed by atoms with van der Waals surface area (Å²) in [6.45, 7) is 2.03. The van der Waals surface area contributed by atoms with Crippen LogP contribution in [0.1, 0.15) is 19.8 Å². The van der Waals surface area contributed by atoms with Gasteiger partial charge >= 0.3 is 0 Å². The van der Waals surface area contributed by atoms with Gasteiger partial charge in [-0.2, -0.15) is 0 Å². The first kappa shape index (κ1) is 10.3. The lowest BCUT2D eigenvalue weighted by Crippen LogP contribution is -2.18. The van der Waals surface area contributed by atoms with E-state index in [9.17, 15) is 5.11 Å². The van der Waals surface area contributed by atoms with E-state index in [4.69, 9.17) is 0 Å². The van der Waals surface area contributed by atoms with Gasteiger partial charge in [0, 0.05) is 0 Å². The second kappa shape index (κ2) is 4.55. The maximum Gasteiger partial charge on any atom is 0.149 e. The smallest absolute Gasteiger partial charge is 0.149 e. The molecular weight excluding hydrogens is 210 g/mol. The fraction of sp³-hybridized carbons (Fsp3) is 0.400. The van der Waals surface area contributed by atoms with Gasteiger partial charge in [0.2, 0.25) is 0 Å². The fourth-order valence-corrected chi connectivity index (χ4v) is 2.19. The van der Waals surface area contributed by atoms with E-state index in [2.05, 4.69) is 15.3 Å². The number of fused-ring (bicyclic) bond motifs is 1. The summed E-state index contributed by atoms with van der Waals surface area (Å²) < 4.78 is 0.993. The monoisotopic (exact) mass is 223 g/mol. The molecule has 0 saturated heterocycles. The molecular formula is C10H13N3OS. The first-order chi connectivity index (χ1) is 7.31. The van der Waals surface area contributed by atoms with Crippen molar-refractivity contribution in [1.82, 2.24) is 9.97 Å². The Morgan fingerprint density at radius 2 is 2.40 bits per heavy atom. The first-order valence-electron chi connectivity index (χ1n) is 4.94. The third kappa shape index (κ3) is 2.24. The molecule has 0 aliphatic carbocycles. The zero-order valence-electron chi connectivity index (χ0n) is 8.47. The highest BCUT2D eigenvalue weighted by Gasteiger charge is 2.08. The summed E-state index contributed by atoms with van der Waals surface area (Å²) in [6.07, 6.45) is 2.63. The van der Waals surface area contributed by atoms with Crippen molar-refractivity contribution in [2.45, 2.75) is 26.0 Å². The summed E-state index contributed by atoms with van der Waals surface area (Å²) in [5.74, 6) is 0.718. The zero-order chi connectivity index (χ0) is 10.7. The molecule has 0 radical (unpaired) electrons. The lowest BCUT2D eigenvalue weighted by atomic mass is 10.3. The van der Waals surface area contributed by atoms with E-state index in [0.717, 1.165) is 28.9 Å². The van der Waals surface area contributed by atoms with Gasteiger partial charge in [-0.3, -0.25) is 0 Å². The SMILES string of the molecule is CCCC(O)Nc1ncnc2ccsc12. The van der Waals surface area contributed by atoms with E-state index in [1.807, 2.05) is 18.4 Å². The minimum absolute atomic E-state index is 0.532. The molecule has 2 heterocycles. The van der Waals surface area contributed by atoms with Crippen LogP contribution in [0.25, 0.3) is 10.2 Å². The molecule has 2 rings (SSSR count). The Balaban J connectivity index is 2.23. The molecule has 0 spiro atoms. The molecule has 5 heteroatoms. The summed E-state index contributed by atoms with van der Waals surface area (Å²) in [4.78, 5) is 8.26. The molecule has 0 bridgehead atoms. The Morgan fingerprint density at radius 3 is 3.20 bits per heavy atom. The van der Waals surface area contributed by atoms with Crippen LogP contribution in [0.2, 0.25) is 0 Å². The van der Waals surface area contributed by atoms with Crippen LogP contribution in [0.3, 0.4) is 0 Å². The summed E-state index contributed by atoms with van der Waals surface area (Å²) in [6, 6.07) is 1.94. The Bertz CT molecular complexity index is 443. The van der Waals surface area contributed by atoms with Crippen LogP contribution in [-0.2, 0) is 0 Å². The number of hydrogen-bond donors (Lipinski definition) is 2. The summed E-state index contributed by atoms with van der Waals surface area (Å²) in [5, 5.41) is 14.6. The maximum absolute atomic E-state index is 9.63. The summed E-state index contributed by atoms with van der Waals surface area (Å²) in [7, 11) is 0. The second-order valence-corrected chi connectivity index (χ2v) is 4.22. The molecule has 1 atom stereocenters. The predicted octanol–water partition coefficient (Wildman–Crippen LogP) is 2.22. The molecule has 0 fully saturated rings. The average molecular weight is 223 g/mol. The molecule has 0 amide bonds. The van der Waals surface area contributed by atoms with Crippen molar-refractivity contribution in [3.05, 3.63) is 17.8 Å². The molecule has 2 aromatic rings. The van der Waals surface area contributed by atoms with Crippen LogP contribution >= 0.6 is 11.3 Å². The number of nitrogens with one attached hydrogen (secondary N) is 1. The molecule has 4 nitrogen and oxygen atoms in total. The first-order valence-corrected chi connectivity index (χ1v) is 5.82. The van der Waals surface area contributed by atoms with E-state index in [-0.39, 0.29) is 0 Å². The lowest BCUT2D eigenvalue weighted by Gasteiger charge is -2.12. The van der Waals surface area contributed by atoms with Crippen LogP contribution in [0.4, 0.5) is 5.82 Å². The topological polar surface area (TPSA) is 58.0 Å². The van der Waals surface area contributed by atoms with Crippen molar-refractivity contribution in [2.75, 3.05) is 5.32 Å². The minimum atomic E-state index is -0.532. The predicted molar refractivity (Wildman–Crippen MR) is 62.0 cm³/mol. The molecule has 0 aromatic carbocycles. The number of aliphatic hydroxyl groups is 1. The van der Waals surface area contributed by atoms with E-state index >= 15 is 0 Å². The number of anilines is 1. The summed E-state index contributed by atoms with van der Waals surface area (Å²) >= 11 is 1.58. The molecule has 0 saturated carbocycles. The summed E-state index contributed by atoms with van der Waals surface area (Å²) in [5.41, 5.74) is 0.918. The van der Waals surface area contributed by atoms with Crippen LogP contribution < -0.4 is 5.32 Å². The average Bonchev–Trinajstić information content (AvgIpc) is 2.67. The molecule has 1 unspecified atom stereocenters. The molecule has 0 aliphatic heterocycles. The highest BCUT2D eigenvalue weighted by atomic mass is 32.1. The van der Waals surface area contributed by atoms with Crippen molar-refractivity contribution >= 4 is 27.4 Å². The van der Waals surface area contributed by atoms with Gasteiger partial charge in [-0.1, -0.05) is 13.3 Å². The van der Waals surface area contributed by atoms with Gasteiger partial charge in [-0.05, 0) is 17.9 Å². The molecule has 2 N–H and O–H groups in total. The molecule has 15 heavy (non-hydrogen) atoms. The number of nitrogens with zero attached hydrogens (tertiary/aromatic N) is 2. The van der Waals surface area contributed by atoms with Crippen LogP contribution in [0, 0.1) is 0 Å². The molecule has 80 valence electrons. The molecule has 0 aliphatic rings. The van der Waals surface area contributed by atoms with Gasteiger partial charge in [0.1, 0.15) is 18.4 Å². The van der Waals surface area contributed by atoms with E-state index in [1.54, 1.807) is 11.3 Å². The Labute approximate surface area is 92.0 Å². The van der Waals surface area contributed by atoms with E-state index in [1.165, 1.54) is 6.33 Å². The van der Waals surface area contributed by atoms with Gasteiger partial charge < -0.3 is 10.4 Å².